The van der Waals surface area contributed by atoms with Crippen molar-refractivity contribution in [1.29, 1.82) is 0 Å². The Bertz CT molecular complexity index is 936. The Morgan fingerprint density at radius 1 is 1.12 bits per heavy atom. The average Bonchev–Trinajstić information content (AvgIpc) is 2.94. The quantitative estimate of drug-likeness (QED) is 0.736. The molecule has 1 aliphatic heterocycles. The van der Waals surface area contributed by atoms with E-state index in [-0.39, 0.29) is 5.91 Å². The van der Waals surface area contributed by atoms with E-state index in [9.17, 15) is 18.0 Å². The lowest BCUT2D eigenvalue weighted by atomic mass is 9.93. The fraction of sp³-hybridized carbons (Fsp3) is 0.476. The first-order valence-electron chi connectivity index (χ1n) is 10.3. The second-order valence-electron chi connectivity index (χ2n) is 7.60. The lowest BCUT2D eigenvalue weighted by Gasteiger charge is -2.28. The normalized spacial score (nSPS) is 16.0. The van der Waals surface area contributed by atoms with Crippen LogP contribution in [0.4, 0.5) is 19.0 Å². The van der Waals surface area contributed by atoms with Gasteiger partial charge in [0.1, 0.15) is 12.1 Å². The molecule has 0 spiro atoms. The Balaban J connectivity index is 0.000000360. The zero-order valence-corrected chi connectivity index (χ0v) is 17.3. The maximum absolute atomic E-state index is 12.6. The van der Waals surface area contributed by atoms with Crippen molar-refractivity contribution >= 4 is 17.7 Å². The highest BCUT2D eigenvalue weighted by molar-refractivity contribution is 5.78. The molecule has 1 fully saturated rings. The minimum Gasteiger partial charge on any atom is -0.475 e. The summed E-state index contributed by atoms with van der Waals surface area (Å²) in [6, 6.07) is 6.23. The Kier molecular flexibility index (Phi) is 7.60. The molecule has 3 heterocycles. The number of carboxylic acids is 1. The molecule has 8 nitrogen and oxygen atoms in total. The molecule has 2 aromatic rings. The number of carbonyl (C=O) groups is 2. The van der Waals surface area contributed by atoms with Gasteiger partial charge in [0.2, 0.25) is 5.91 Å². The summed E-state index contributed by atoms with van der Waals surface area (Å²) >= 11 is 0. The fourth-order valence-corrected chi connectivity index (χ4v) is 3.42. The van der Waals surface area contributed by atoms with Crippen molar-refractivity contribution in [3.8, 4) is 0 Å². The number of halogens is 3. The van der Waals surface area contributed by atoms with Crippen molar-refractivity contribution in [2.45, 2.75) is 50.7 Å². The zero-order valence-electron chi connectivity index (χ0n) is 17.3. The second-order valence-corrected chi connectivity index (χ2v) is 7.60. The summed E-state index contributed by atoms with van der Waals surface area (Å²) in [6.45, 7) is 1.42. The maximum Gasteiger partial charge on any atom is 0.490 e. The van der Waals surface area contributed by atoms with Gasteiger partial charge in [0, 0.05) is 43.0 Å². The van der Waals surface area contributed by atoms with E-state index in [0.29, 0.717) is 25.6 Å². The molecule has 0 radical (unpaired) electrons. The number of aromatic nitrogens is 3. The number of pyridine rings is 1. The van der Waals surface area contributed by atoms with Gasteiger partial charge in [0.25, 0.3) is 0 Å². The topological polar surface area (TPSA) is 108 Å². The highest BCUT2D eigenvalue weighted by atomic mass is 19.4. The minimum atomic E-state index is -5.08. The number of amides is 1. The number of hydrogen-bond acceptors (Lipinski definition) is 6. The molecule has 1 saturated carbocycles. The minimum absolute atomic E-state index is 0.132. The van der Waals surface area contributed by atoms with Gasteiger partial charge in [-0.15, -0.1) is 0 Å². The van der Waals surface area contributed by atoms with Crippen LogP contribution in [0.3, 0.4) is 0 Å². The maximum atomic E-state index is 12.6. The molecule has 4 rings (SSSR count). The highest BCUT2D eigenvalue weighted by Gasteiger charge is 2.38. The molecule has 0 atom stereocenters. The number of nitrogens with one attached hydrogen (secondary N) is 1. The molecule has 1 amide bonds. The van der Waals surface area contributed by atoms with Crippen molar-refractivity contribution in [3.05, 3.63) is 47.7 Å². The molecule has 2 aromatic heterocycles. The van der Waals surface area contributed by atoms with Crippen molar-refractivity contribution < 1.29 is 27.9 Å². The third kappa shape index (κ3) is 6.38. The van der Waals surface area contributed by atoms with E-state index < -0.39 is 12.1 Å². The number of aliphatic carboxylic acids is 1. The van der Waals surface area contributed by atoms with Crippen LogP contribution in [0.15, 0.2) is 30.7 Å². The van der Waals surface area contributed by atoms with Crippen LogP contribution < -0.4 is 5.32 Å². The van der Waals surface area contributed by atoms with Gasteiger partial charge in [-0.1, -0.05) is 6.07 Å². The van der Waals surface area contributed by atoms with Crippen molar-refractivity contribution in [2.24, 2.45) is 0 Å². The Hall–Kier alpha value is -3.24. The summed E-state index contributed by atoms with van der Waals surface area (Å²) in [5.41, 5.74) is 3.08. The summed E-state index contributed by atoms with van der Waals surface area (Å²) in [5.74, 6) is -1.66. The van der Waals surface area contributed by atoms with Gasteiger partial charge in [-0.3, -0.25) is 9.78 Å². The number of nitrogens with zero attached hydrogens (tertiary/aromatic N) is 4. The summed E-state index contributed by atoms with van der Waals surface area (Å²) in [7, 11) is 0. The molecule has 0 aromatic carbocycles. The largest absolute Gasteiger partial charge is 0.490 e. The van der Waals surface area contributed by atoms with E-state index in [2.05, 4.69) is 20.3 Å². The Morgan fingerprint density at radius 2 is 1.84 bits per heavy atom. The second kappa shape index (κ2) is 10.4. The average molecular weight is 451 g/mol. The van der Waals surface area contributed by atoms with Gasteiger partial charge in [0.05, 0.1) is 12.1 Å². The van der Waals surface area contributed by atoms with Gasteiger partial charge in [0.15, 0.2) is 0 Å². The predicted molar refractivity (Wildman–Crippen MR) is 109 cm³/mol. The summed E-state index contributed by atoms with van der Waals surface area (Å²) in [4.78, 5) is 36.6. The number of hydrogen-bond donors (Lipinski definition) is 2. The van der Waals surface area contributed by atoms with E-state index in [1.54, 1.807) is 12.5 Å². The molecule has 0 bridgehead atoms. The van der Waals surface area contributed by atoms with Crippen LogP contribution in [0.25, 0.3) is 0 Å². The highest BCUT2D eigenvalue weighted by Crippen LogP contribution is 2.26. The molecular weight excluding hydrogens is 427 g/mol. The van der Waals surface area contributed by atoms with Crippen LogP contribution in [0.2, 0.25) is 0 Å². The van der Waals surface area contributed by atoms with E-state index in [0.717, 1.165) is 30.0 Å². The van der Waals surface area contributed by atoms with Crippen LogP contribution >= 0.6 is 0 Å². The monoisotopic (exact) mass is 451 g/mol. The standard InChI is InChI=1S/C19H23N5O.C2HF3O2/c25-18(12-15-4-1-2-9-20-15)24-10-7-16-17(8-11-24)21-13-22-19(16)23-14-5-3-6-14;3-2(4,5)1(6)7/h1-2,4,9,13-14H,3,5-8,10-12H2,(H,21,22,23);(H,6,7). The molecule has 11 heteroatoms. The summed E-state index contributed by atoms with van der Waals surface area (Å²) < 4.78 is 31.7. The molecule has 172 valence electrons. The first-order valence-corrected chi connectivity index (χ1v) is 10.3. The first-order chi connectivity index (χ1) is 15.2. The summed E-state index contributed by atoms with van der Waals surface area (Å²) in [5, 5.41) is 10.7. The Morgan fingerprint density at radius 3 is 2.44 bits per heavy atom. The van der Waals surface area contributed by atoms with Crippen LogP contribution in [0.5, 0.6) is 0 Å². The van der Waals surface area contributed by atoms with Gasteiger partial charge >= 0.3 is 12.1 Å². The Labute approximate surface area is 182 Å². The third-order valence-electron chi connectivity index (χ3n) is 5.38. The first kappa shape index (κ1) is 23.4. The van der Waals surface area contributed by atoms with Crippen molar-refractivity contribution in [2.75, 3.05) is 18.4 Å². The van der Waals surface area contributed by atoms with Gasteiger partial charge < -0.3 is 15.3 Å². The number of rotatable bonds is 4. The number of anilines is 1. The van der Waals surface area contributed by atoms with E-state index in [1.807, 2.05) is 23.1 Å². The van der Waals surface area contributed by atoms with E-state index in [1.165, 1.54) is 24.8 Å². The van der Waals surface area contributed by atoms with E-state index >= 15 is 0 Å². The molecule has 2 aliphatic rings. The van der Waals surface area contributed by atoms with Crippen LogP contribution in [0, 0.1) is 0 Å². The van der Waals surface area contributed by atoms with Gasteiger partial charge in [-0.05, 0) is 37.8 Å². The number of carboxylic acid groups (broad SMARTS) is 1. The van der Waals surface area contributed by atoms with Gasteiger partial charge in [-0.25, -0.2) is 14.8 Å². The zero-order chi connectivity index (χ0) is 23.1. The van der Waals surface area contributed by atoms with Crippen molar-refractivity contribution in [1.82, 2.24) is 19.9 Å². The van der Waals surface area contributed by atoms with Crippen molar-refractivity contribution in [3.63, 3.8) is 0 Å². The number of fused-ring (bicyclic) bond motifs is 1. The third-order valence-corrected chi connectivity index (χ3v) is 5.38. The lowest BCUT2D eigenvalue weighted by Crippen LogP contribution is -2.34. The van der Waals surface area contributed by atoms with Crippen LogP contribution in [-0.4, -0.2) is 62.1 Å². The number of carbonyl (C=O) groups excluding carboxylic acids is 1. The fourth-order valence-electron chi connectivity index (χ4n) is 3.42. The van der Waals surface area contributed by atoms with Crippen LogP contribution in [-0.2, 0) is 28.9 Å². The predicted octanol–water partition coefficient (Wildman–Crippen LogP) is 2.64. The van der Waals surface area contributed by atoms with Crippen LogP contribution in [0.1, 0.15) is 36.2 Å². The molecule has 1 aliphatic carbocycles. The molecule has 0 unspecified atom stereocenters. The molecule has 0 saturated heterocycles. The lowest BCUT2D eigenvalue weighted by molar-refractivity contribution is -0.192. The molecule has 32 heavy (non-hydrogen) atoms. The smallest absolute Gasteiger partial charge is 0.475 e. The molecule has 2 N–H and O–H groups in total. The van der Waals surface area contributed by atoms with E-state index in [4.69, 9.17) is 9.90 Å². The van der Waals surface area contributed by atoms with Gasteiger partial charge in [-0.2, -0.15) is 13.2 Å². The summed E-state index contributed by atoms with van der Waals surface area (Å²) in [6.07, 6.45) is 3.96. The number of alkyl halides is 3. The molecular formula is C21H24F3N5O3. The SMILES string of the molecule is O=C(Cc1ccccn1)N1CCc2ncnc(NC3CCC3)c2CC1.O=C(O)C(F)(F)F.